The van der Waals surface area contributed by atoms with E-state index in [4.69, 9.17) is 4.98 Å². The van der Waals surface area contributed by atoms with Crippen molar-refractivity contribution in [2.24, 2.45) is 0 Å². The molecule has 1 unspecified atom stereocenters. The zero-order valence-electron chi connectivity index (χ0n) is 12.8. The quantitative estimate of drug-likeness (QED) is 0.785. The first-order chi connectivity index (χ1) is 9.60. The van der Waals surface area contributed by atoms with Crippen LogP contribution in [0.1, 0.15) is 39.7 Å². The maximum atomic E-state index is 4.86. The van der Waals surface area contributed by atoms with E-state index in [1.807, 2.05) is 11.8 Å². The fourth-order valence-electron chi connectivity index (χ4n) is 1.96. The largest absolute Gasteiger partial charge is 0.310 e. The van der Waals surface area contributed by atoms with Gasteiger partial charge in [-0.3, -0.25) is 0 Å². The van der Waals surface area contributed by atoms with Gasteiger partial charge >= 0.3 is 0 Å². The second-order valence-corrected chi connectivity index (χ2v) is 6.94. The van der Waals surface area contributed by atoms with Crippen LogP contribution in [0, 0.1) is 0 Å². The SMILES string of the molecule is CCC(C)Sc1nc2ccccc2cc1CNC(C)C. The fraction of sp³-hybridized carbons (Fsp3) is 0.471. The summed E-state index contributed by atoms with van der Waals surface area (Å²) in [6.07, 6.45) is 1.16. The molecule has 0 aliphatic rings. The summed E-state index contributed by atoms with van der Waals surface area (Å²) in [5.74, 6) is 0. The molecule has 0 bridgehead atoms. The lowest BCUT2D eigenvalue weighted by Gasteiger charge is -2.15. The molecule has 1 atom stereocenters. The normalized spacial score (nSPS) is 13.1. The fourth-order valence-corrected chi connectivity index (χ4v) is 2.94. The van der Waals surface area contributed by atoms with E-state index < -0.39 is 0 Å². The lowest BCUT2D eigenvalue weighted by atomic mass is 10.1. The monoisotopic (exact) mass is 288 g/mol. The summed E-state index contributed by atoms with van der Waals surface area (Å²) in [4.78, 5) is 4.86. The second kappa shape index (κ2) is 7.09. The van der Waals surface area contributed by atoms with E-state index in [1.165, 1.54) is 16.0 Å². The second-order valence-electron chi connectivity index (χ2n) is 5.52. The van der Waals surface area contributed by atoms with Gasteiger partial charge in [-0.1, -0.05) is 45.9 Å². The molecule has 1 heterocycles. The van der Waals surface area contributed by atoms with Crippen LogP contribution < -0.4 is 5.32 Å². The predicted molar refractivity (Wildman–Crippen MR) is 89.3 cm³/mol. The van der Waals surface area contributed by atoms with Crippen LogP contribution in [0.15, 0.2) is 35.4 Å². The Morgan fingerprint density at radius 1 is 1.20 bits per heavy atom. The van der Waals surface area contributed by atoms with E-state index in [0.717, 1.165) is 18.5 Å². The smallest absolute Gasteiger partial charge is 0.101 e. The molecular formula is C17H24N2S. The number of pyridine rings is 1. The maximum Gasteiger partial charge on any atom is 0.101 e. The first kappa shape index (κ1) is 15.3. The Morgan fingerprint density at radius 3 is 2.65 bits per heavy atom. The summed E-state index contributed by atoms with van der Waals surface area (Å²) in [6.45, 7) is 9.73. The molecule has 0 saturated carbocycles. The predicted octanol–water partition coefficient (Wildman–Crippen LogP) is 4.62. The van der Waals surface area contributed by atoms with Crippen LogP contribution in [0.2, 0.25) is 0 Å². The number of hydrogen-bond donors (Lipinski definition) is 1. The average Bonchev–Trinajstić information content (AvgIpc) is 2.44. The number of thioether (sulfide) groups is 1. The first-order valence-corrected chi connectivity index (χ1v) is 8.26. The number of rotatable bonds is 6. The molecule has 0 aliphatic heterocycles. The van der Waals surface area contributed by atoms with Crippen LogP contribution in [0.25, 0.3) is 10.9 Å². The van der Waals surface area contributed by atoms with Gasteiger partial charge < -0.3 is 5.32 Å². The van der Waals surface area contributed by atoms with Crippen molar-refractivity contribution in [3.8, 4) is 0 Å². The van der Waals surface area contributed by atoms with E-state index in [2.05, 4.69) is 63.3 Å². The third kappa shape index (κ3) is 3.97. The average molecular weight is 288 g/mol. The molecule has 0 radical (unpaired) electrons. The van der Waals surface area contributed by atoms with Crippen molar-refractivity contribution in [3.05, 3.63) is 35.9 Å². The summed E-state index contributed by atoms with van der Waals surface area (Å²) in [5, 5.41) is 6.50. The molecule has 0 aliphatic carbocycles. The van der Waals surface area contributed by atoms with E-state index >= 15 is 0 Å². The third-order valence-electron chi connectivity index (χ3n) is 3.35. The van der Waals surface area contributed by atoms with Crippen LogP contribution in [0.3, 0.4) is 0 Å². The first-order valence-electron chi connectivity index (χ1n) is 7.38. The molecule has 0 fully saturated rings. The van der Waals surface area contributed by atoms with Gasteiger partial charge in [-0.2, -0.15) is 0 Å². The molecule has 0 amide bonds. The van der Waals surface area contributed by atoms with Crippen LogP contribution in [0.4, 0.5) is 0 Å². The molecule has 1 N–H and O–H groups in total. The van der Waals surface area contributed by atoms with Crippen LogP contribution in [-0.4, -0.2) is 16.3 Å². The summed E-state index contributed by atoms with van der Waals surface area (Å²) in [5.41, 5.74) is 2.40. The zero-order chi connectivity index (χ0) is 14.5. The van der Waals surface area contributed by atoms with Crippen molar-refractivity contribution < 1.29 is 0 Å². The minimum absolute atomic E-state index is 0.489. The van der Waals surface area contributed by atoms with Gasteiger partial charge in [-0.15, -0.1) is 11.8 Å². The minimum atomic E-state index is 0.489. The molecule has 1 aromatic carbocycles. The van der Waals surface area contributed by atoms with Gasteiger partial charge in [0, 0.05) is 23.2 Å². The number of para-hydroxylation sites is 1. The van der Waals surface area contributed by atoms with Crippen molar-refractivity contribution in [3.63, 3.8) is 0 Å². The highest BCUT2D eigenvalue weighted by Gasteiger charge is 2.11. The molecule has 2 aromatic rings. The van der Waals surface area contributed by atoms with Gasteiger partial charge in [0.05, 0.1) is 5.52 Å². The summed E-state index contributed by atoms with van der Waals surface area (Å²) in [6, 6.07) is 11.1. The van der Waals surface area contributed by atoms with E-state index in [-0.39, 0.29) is 0 Å². The van der Waals surface area contributed by atoms with Crippen molar-refractivity contribution >= 4 is 22.7 Å². The molecule has 2 rings (SSSR count). The van der Waals surface area contributed by atoms with E-state index in [9.17, 15) is 0 Å². The topological polar surface area (TPSA) is 24.9 Å². The highest BCUT2D eigenvalue weighted by Crippen LogP contribution is 2.29. The van der Waals surface area contributed by atoms with E-state index in [0.29, 0.717) is 11.3 Å². The van der Waals surface area contributed by atoms with E-state index in [1.54, 1.807) is 0 Å². The van der Waals surface area contributed by atoms with Crippen LogP contribution in [-0.2, 0) is 6.54 Å². The number of aromatic nitrogens is 1. The summed E-state index contributed by atoms with van der Waals surface area (Å²) < 4.78 is 0. The maximum absolute atomic E-state index is 4.86. The Balaban J connectivity index is 2.36. The molecular weight excluding hydrogens is 264 g/mol. The number of benzene rings is 1. The molecule has 20 heavy (non-hydrogen) atoms. The van der Waals surface area contributed by atoms with Crippen molar-refractivity contribution in [2.45, 2.75) is 57.0 Å². The minimum Gasteiger partial charge on any atom is -0.310 e. The van der Waals surface area contributed by atoms with Crippen molar-refractivity contribution in [1.29, 1.82) is 0 Å². The standard InChI is InChI=1S/C17H24N2S/c1-5-13(4)20-17-15(11-18-12(2)3)10-14-8-6-7-9-16(14)19-17/h6-10,12-13,18H,5,11H2,1-4H3. The summed E-state index contributed by atoms with van der Waals surface area (Å²) >= 11 is 1.89. The molecule has 1 aromatic heterocycles. The Hall–Kier alpha value is -1.06. The lowest BCUT2D eigenvalue weighted by Crippen LogP contribution is -2.22. The number of nitrogens with zero attached hydrogens (tertiary/aromatic N) is 1. The Kier molecular flexibility index (Phi) is 5.44. The van der Waals surface area contributed by atoms with Gasteiger partial charge in [0.2, 0.25) is 0 Å². The highest BCUT2D eigenvalue weighted by atomic mass is 32.2. The lowest BCUT2D eigenvalue weighted by molar-refractivity contribution is 0.583. The Morgan fingerprint density at radius 2 is 1.95 bits per heavy atom. The van der Waals surface area contributed by atoms with Crippen LogP contribution >= 0.6 is 11.8 Å². The van der Waals surface area contributed by atoms with Gasteiger partial charge in [0.15, 0.2) is 0 Å². The molecule has 3 heteroatoms. The molecule has 0 spiro atoms. The Labute approximate surface area is 126 Å². The van der Waals surface area contributed by atoms with Gasteiger partial charge in [0.25, 0.3) is 0 Å². The van der Waals surface area contributed by atoms with Crippen molar-refractivity contribution in [1.82, 2.24) is 10.3 Å². The highest BCUT2D eigenvalue weighted by molar-refractivity contribution is 7.99. The molecule has 108 valence electrons. The third-order valence-corrected chi connectivity index (χ3v) is 4.66. The summed E-state index contributed by atoms with van der Waals surface area (Å²) in [7, 11) is 0. The zero-order valence-corrected chi connectivity index (χ0v) is 13.6. The van der Waals surface area contributed by atoms with Gasteiger partial charge in [-0.05, 0) is 24.1 Å². The van der Waals surface area contributed by atoms with Crippen LogP contribution in [0.5, 0.6) is 0 Å². The Bertz CT molecular complexity index is 566. The van der Waals surface area contributed by atoms with Gasteiger partial charge in [-0.25, -0.2) is 4.98 Å². The van der Waals surface area contributed by atoms with Gasteiger partial charge in [0.1, 0.15) is 5.03 Å². The number of nitrogens with one attached hydrogen (secondary N) is 1. The number of fused-ring (bicyclic) bond motifs is 1. The van der Waals surface area contributed by atoms with Crippen molar-refractivity contribution in [2.75, 3.05) is 0 Å². The molecule has 0 saturated heterocycles. The number of hydrogen-bond acceptors (Lipinski definition) is 3. The molecule has 2 nitrogen and oxygen atoms in total.